The zero-order valence-electron chi connectivity index (χ0n) is 16.1. The van der Waals surface area contributed by atoms with E-state index in [0.717, 1.165) is 24.0 Å². The number of aromatic nitrogens is 2. The molecule has 29 heavy (non-hydrogen) atoms. The molecule has 1 N–H and O–H groups in total. The summed E-state index contributed by atoms with van der Waals surface area (Å²) in [5.41, 5.74) is 2.49. The van der Waals surface area contributed by atoms with Crippen LogP contribution in [0.5, 0.6) is 11.5 Å². The highest BCUT2D eigenvalue weighted by molar-refractivity contribution is 5.87. The molecule has 0 aliphatic carbocycles. The summed E-state index contributed by atoms with van der Waals surface area (Å²) < 4.78 is 18.7. The Hall–Kier alpha value is -3.32. The minimum absolute atomic E-state index is 0.00616. The van der Waals surface area contributed by atoms with E-state index in [1.807, 2.05) is 42.5 Å². The van der Waals surface area contributed by atoms with Gasteiger partial charge in [0.2, 0.25) is 0 Å². The smallest absolute Gasteiger partial charge is 0.356 e. The third kappa shape index (κ3) is 4.25. The van der Waals surface area contributed by atoms with Gasteiger partial charge in [0.15, 0.2) is 23.5 Å². The molecule has 0 amide bonds. The molecule has 0 bridgehead atoms. The minimum atomic E-state index is -1.07. The molecule has 1 aromatic heterocycles. The number of methoxy groups -OCH3 is 1. The number of nitrogens with zero attached hydrogens (tertiary/aromatic N) is 2. The molecule has 7 nitrogen and oxygen atoms in total. The second-order valence-corrected chi connectivity index (χ2v) is 6.79. The van der Waals surface area contributed by atoms with Gasteiger partial charge in [-0.15, -0.1) is 0 Å². The number of carboxylic acids is 1. The molecule has 0 radical (unpaired) electrons. The molecule has 1 unspecified atom stereocenters. The molecule has 0 spiro atoms. The van der Waals surface area contributed by atoms with Crippen LogP contribution in [0.3, 0.4) is 0 Å². The third-order valence-corrected chi connectivity index (χ3v) is 4.78. The topological polar surface area (TPSA) is 82.8 Å². The van der Waals surface area contributed by atoms with Crippen molar-refractivity contribution in [2.45, 2.75) is 25.7 Å². The maximum atomic E-state index is 11.5. The van der Waals surface area contributed by atoms with Gasteiger partial charge in [-0.25, -0.2) is 4.79 Å². The molecule has 2 aromatic carbocycles. The minimum Gasteiger partial charge on any atom is -0.493 e. The number of carboxylic acid groups (broad SMARTS) is 1. The van der Waals surface area contributed by atoms with Crippen molar-refractivity contribution in [3.63, 3.8) is 0 Å². The quantitative estimate of drug-likeness (QED) is 0.656. The molecule has 0 saturated carbocycles. The third-order valence-electron chi connectivity index (χ3n) is 4.78. The Bertz CT molecular complexity index is 994. The zero-order valence-corrected chi connectivity index (χ0v) is 16.1. The van der Waals surface area contributed by atoms with Crippen LogP contribution in [0.25, 0.3) is 11.3 Å². The summed E-state index contributed by atoms with van der Waals surface area (Å²) in [6.07, 6.45) is 1.48. The van der Waals surface area contributed by atoms with E-state index in [-0.39, 0.29) is 12.0 Å². The lowest BCUT2D eigenvalue weighted by molar-refractivity contribution is -0.0402. The molecule has 1 saturated heterocycles. The first-order valence-electron chi connectivity index (χ1n) is 9.46. The number of hydrogen-bond acceptors (Lipinski definition) is 5. The molecule has 1 aliphatic heterocycles. The van der Waals surface area contributed by atoms with Gasteiger partial charge in [-0.2, -0.15) is 5.10 Å². The van der Waals surface area contributed by atoms with Crippen LogP contribution in [0, 0.1) is 0 Å². The number of aromatic carboxylic acids is 1. The van der Waals surface area contributed by atoms with E-state index >= 15 is 0 Å². The SMILES string of the molecule is COc1ccc(-c2cc(C(=O)O)nn2Cc2ccccc2)cc1OC1CCCO1. The molecule has 1 aliphatic rings. The van der Waals surface area contributed by atoms with Crippen molar-refractivity contribution in [3.8, 4) is 22.8 Å². The monoisotopic (exact) mass is 394 g/mol. The van der Waals surface area contributed by atoms with Gasteiger partial charge in [-0.05, 0) is 36.2 Å². The van der Waals surface area contributed by atoms with Crippen molar-refractivity contribution in [1.29, 1.82) is 0 Å². The van der Waals surface area contributed by atoms with Crippen LogP contribution < -0.4 is 9.47 Å². The molecular formula is C22H22N2O5. The lowest BCUT2D eigenvalue weighted by Gasteiger charge is -2.17. The fourth-order valence-corrected chi connectivity index (χ4v) is 3.34. The Kier molecular flexibility index (Phi) is 5.48. The van der Waals surface area contributed by atoms with Crippen molar-refractivity contribution in [3.05, 3.63) is 65.9 Å². The van der Waals surface area contributed by atoms with Gasteiger partial charge in [0, 0.05) is 12.0 Å². The van der Waals surface area contributed by atoms with Crippen molar-refractivity contribution in [2.24, 2.45) is 0 Å². The van der Waals surface area contributed by atoms with E-state index in [1.54, 1.807) is 23.9 Å². The maximum absolute atomic E-state index is 11.5. The summed E-state index contributed by atoms with van der Waals surface area (Å²) in [6.45, 7) is 1.13. The van der Waals surface area contributed by atoms with Gasteiger partial charge < -0.3 is 19.3 Å². The lowest BCUT2D eigenvalue weighted by atomic mass is 10.1. The van der Waals surface area contributed by atoms with Crippen LogP contribution in [0.2, 0.25) is 0 Å². The first-order valence-corrected chi connectivity index (χ1v) is 9.46. The van der Waals surface area contributed by atoms with Crippen molar-refractivity contribution in [1.82, 2.24) is 9.78 Å². The molecule has 1 fully saturated rings. The number of carbonyl (C=O) groups is 1. The van der Waals surface area contributed by atoms with Crippen LogP contribution in [-0.4, -0.2) is 40.9 Å². The Balaban J connectivity index is 1.71. The Morgan fingerprint density at radius 3 is 2.72 bits per heavy atom. The van der Waals surface area contributed by atoms with Gasteiger partial charge in [0.1, 0.15) is 0 Å². The van der Waals surface area contributed by atoms with E-state index in [9.17, 15) is 9.90 Å². The lowest BCUT2D eigenvalue weighted by Crippen LogP contribution is -2.14. The number of ether oxygens (including phenoxy) is 3. The highest BCUT2D eigenvalue weighted by Gasteiger charge is 2.21. The van der Waals surface area contributed by atoms with Gasteiger partial charge in [-0.1, -0.05) is 30.3 Å². The van der Waals surface area contributed by atoms with Crippen LogP contribution in [0.15, 0.2) is 54.6 Å². The Labute approximate surface area is 168 Å². The van der Waals surface area contributed by atoms with E-state index in [0.29, 0.717) is 30.3 Å². The van der Waals surface area contributed by atoms with Crippen molar-refractivity contribution in [2.75, 3.05) is 13.7 Å². The van der Waals surface area contributed by atoms with Gasteiger partial charge in [0.25, 0.3) is 0 Å². The van der Waals surface area contributed by atoms with E-state index < -0.39 is 5.97 Å². The van der Waals surface area contributed by atoms with Gasteiger partial charge >= 0.3 is 5.97 Å². The summed E-state index contributed by atoms with van der Waals surface area (Å²) in [7, 11) is 1.58. The molecule has 150 valence electrons. The highest BCUT2D eigenvalue weighted by Crippen LogP contribution is 2.35. The second kappa shape index (κ2) is 8.36. The summed E-state index contributed by atoms with van der Waals surface area (Å²) in [6, 6.07) is 16.9. The van der Waals surface area contributed by atoms with Crippen molar-refractivity contribution >= 4 is 5.97 Å². The predicted molar refractivity (Wildman–Crippen MR) is 106 cm³/mol. The molecular weight excluding hydrogens is 372 g/mol. The Morgan fingerprint density at radius 1 is 1.21 bits per heavy atom. The summed E-state index contributed by atoms with van der Waals surface area (Å²) >= 11 is 0. The van der Waals surface area contributed by atoms with Crippen LogP contribution in [0.1, 0.15) is 28.9 Å². The van der Waals surface area contributed by atoms with Gasteiger partial charge in [0.05, 0.1) is 26.0 Å². The van der Waals surface area contributed by atoms with Gasteiger partial charge in [-0.3, -0.25) is 4.68 Å². The molecule has 1 atom stereocenters. The number of rotatable bonds is 7. The second-order valence-electron chi connectivity index (χ2n) is 6.79. The Morgan fingerprint density at radius 2 is 2.03 bits per heavy atom. The molecule has 7 heteroatoms. The van der Waals surface area contributed by atoms with E-state index in [4.69, 9.17) is 14.2 Å². The van der Waals surface area contributed by atoms with Crippen LogP contribution in [-0.2, 0) is 11.3 Å². The number of benzene rings is 2. The van der Waals surface area contributed by atoms with Crippen LogP contribution in [0.4, 0.5) is 0 Å². The molecule has 3 aromatic rings. The summed E-state index contributed by atoms with van der Waals surface area (Å²) in [4.78, 5) is 11.5. The van der Waals surface area contributed by atoms with Crippen LogP contribution >= 0.6 is 0 Å². The number of hydrogen-bond donors (Lipinski definition) is 1. The highest BCUT2D eigenvalue weighted by atomic mass is 16.7. The normalized spacial score (nSPS) is 16.0. The molecule has 2 heterocycles. The predicted octanol–water partition coefficient (Wildman–Crippen LogP) is 3.82. The first-order chi connectivity index (χ1) is 14.1. The standard InChI is InChI=1S/C22H22N2O5/c1-27-19-10-9-16(12-20(19)29-21-8-5-11-28-21)18-13-17(22(25)26)23-24(18)14-15-6-3-2-4-7-15/h2-4,6-7,9-10,12-13,21H,5,8,11,14H2,1H3,(H,25,26). The zero-order chi connectivity index (χ0) is 20.2. The molecule has 4 rings (SSSR count). The largest absolute Gasteiger partial charge is 0.493 e. The van der Waals surface area contributed by atoms with E-state index in [2.05, 4.69) is 5.10 Å². The van der Waals surface area contributed by atoms with E-state index in [1.165, 1.54) is 0 Å². The average molecular weight is 394 g/mol. The average Bonchev–Trinajstić information content (AvgIpc) is 3.39. The first kappa shape index (κ1) is 19.0. The fraction of sp³-hybridized carbons (Fsp3) is 0.273. The summed E-state index contributed by atoms with van der Waals surface area (Å²) in [5, 5.41) is 13.7. The summed E-state index contributed by atoms with van der Waals surface area (Å²) in [5.74, 6) is 0.0838. The van der Waals surface area contributed by atoms with Crippen molar-refractivity contribution < 1.29 is 24.1 Å². The fourth-order valence-electron chi connectivity index (χ4n) is 3.34. The maximum Gasteiger partial charge on any atom is 0.356 e.